The number of hydrogen-bond donors (Lipinski definition) is 0. The van der Waals surface area contributed by atoms with Crippen molar-refractivity contribution in [3.8, 4) is 0 Å². The summed E-state index contributed by atoms with van der Waals surface area (Å²) in [4.78, 5) is 0. The molecule has 0 radical (unpaired) electrons. The quantitative estimate of drug-likeness (QED) is 0.326. The van der Waals surface area contributed by atoms with Gasteiger partial charge in [-0.05, 0) is 6.08 Å². The molecule has 0 unspecified atom stereocenters. The SMILES string of the molecule is COCOCC=CC(OC)OC. The number of rotatable bonds is 7. The molecule has 4 nitrogen and oxygen atoms in total. The van der Waals surface area contributed by atoms with E-state index in [9.17, 15) is 0 Å². The molecule has 0 aromatic heterocycles. The molecule has 0 aliphatic heterocycles. The molecule has 0 aromatic rings. The highest BCUT2D eigenvalue weighted by molar-refractivity contribution is 4.84. The fourth-order valence-corrected chi connectivity index (χ4v) is 0.620. The molecule has 0 spiro atoms. The largest absolute Gasteiger partial charge is 0.359 e. The first-order valence-electron chi connectivity index (χ1n) is 3.64. The van der Waals surface area contributed by atoms with E-state index in [1.165, 1.54) is 0 Å². The first-order chi connectivity index (χ1) is 5.85. The van der Waals surface area contributed by atoms with Crippen molar-refractivity contribution in [1.29, 1.82) is 0 Å². The minimum atomic E-state index is -0.295. The molecule has 12 heavy (non-hydrogen) atoms. The molecule has 0 atom stereocenters. The number of hydrogen-bond acceptors (Lipinski definition) is 4. The molecule has 0 rings (SSSR count). The van der Waals surface area contributed by atoms with E-state index in [1.807, 2.05) is 6.08 Å². The Morgan fingerprint density at radius 3 is 2.33 bits per heavy atom. The molecule has 4 heteroatoms. The average molecular weight is 176 g/mol. The van der Waals surface area contributed by atoms with Gasteiger partial charge < -0.3 is 18.9 Å². The Kier molecular flexibility index (Phi) is 8.37. The molecular weight excluding hydrogens is 160 g/mol. The van der Waals surface area contributed by atoms with Gasteiger partial charge in [-0.3, -0.25) is 0 Å². The third kappa shape index (κ3) is 6.30. The normalized spacial score (nSPS) is 11.7. The van der Waals surface area contributed by atoms with Crippen molar-refractivity contribution in [2.45, 2.75) is 6.29 Å². The topological polar surface area (TPSA) is 36.9 Å². The molecule has 72 valence electrons. The van der Waals surface area contributed by atoms with Crippen LogP contribution in [0.15, 0.2) is 12.2 Å². The van der Waals surface area contributed by atoms with Gasteiger partial charge in [-0.2, -0.15) is 0 Å². The zero-order valence-corrected chi connectivity index (χ0v) is 7.78. The minimum Gasteiger partial charge on any atom is -0.359 e. The molecular formula is C8H16O4. The maximum atomic E-state index is 5.00. The van der Waals surface area contributed by atoms with Crippen molar-refractivity contribution >= 4 is 0 Å². The van der Waals surface area contributed by atoms with Crippen molar-refractivity contribution in [3.63, 3.8) is 0 Å². The van der Waals surface area contributed by atoms with Gasteiger partial charge in [0.2, 0.25) is 0 Å². The molecule has 0 N–H and O–H groups in total. The van der Waals surface area contributed by atoms with E-state index in [-0.39, 0.29) is 6.29 Å². The van der Waals surface area contributed by atoms with Gasteiger partial charge in [-0.1, -0.05) is 6.08 Å². The summed E-state index contributed by atoms with van der Waals surface area (Å²) >= 11 is 0. The number of methoxy groups -OCH3 is 3. The van der Waals surface area contributed by atoms with Gasteiger partial charge in [0.15, 0.2) is 6.29 Å². The first-order valence-corrected chi connectivity index (χ1v) is 3.64. The maximum absolute atomic E-state index is 5.00. The summed E-state index contributed by atoms with van der Waals surface area (Å²) in [5, 5.41) is 0. The summed E-state index contributed by atoms with van der Waals surface area (Å²) < 4.78 is 19.5. The Morgan fingerprint density at radius 1 is 1.17 bits per heavy atom. The van der Waals surface area contributed by atoms with Gasteiger partial charge in [0.25, 0.3) is 0 Å². The molecule has 0 saturated heterocycles. The van der Waals surface area contributed by atoms with Crippen LogP contribution in [0, 0.1) is 0 Å². The lowest BCUT2D eigenvalue weighted by Crippen LogP contribution is -2.09. The van der Waals surface area contributed by atoms with E-state index >= 15 is 0 Å². The fraction of sp³-hybridized carbons (Fsp3) is 0.750. The van der Waals surface area contributed by atoms with Gasteiger partial charge in [0.05, 0.1) is 6.61 Å². The van der Waals surface area contributed by atoms with Crippen LogP contribution in [0.25, 0.3) is 0 Å². The van der Waals surface area contributed by atoms with Gasteiger partial charge in [0, 0.05) is 21.3 Å². The Hall–Kier alpha value is -0.420. The second-order valence-electron chi connectivity index (χ2n) is 2.05. The first kappa shape index (κ1) is 11.6. The molecule has 0 aliphatic rings. The van der Waals surface area contributed by atoms with E-state index in [4.69, 9.17) is 14.2 Å². The highest BCUT2D eigenvalue weighted by atomic mass is 16.7. The van der Waals surface area contributed by atoms with E-state index in [1.54, 1.807) is 27.4 Å². The summed E-state index contributed by atoms with van der Waals surface area (Å²) in [5.74, 6) is 0. The Bertz CT molecular complexity index is 110. The van der Waals surface area contributed by atoms with Crippen LogP contribution in [0.5, 0.6) is 0 Å². The molecule has 0 saturated carbocycles. The molecule has 0 aliphatic carbocycles. The average Bonchev–Trinajstić information content (AvgIpc) is 2.11. The number of ether oxygens (including phenoxy) is 4. The van der Waals surface area contributed by atoms with Gasteiger partial charge in [-0.15, -0.1) is 0 Å². The predicted octanol–water partition coefficient (Wildman–Crippen LogP) is 0.782. The highest BCUT2D eigenvalue weighted by Crippen LogP contribution is 1.92. The predicted molar refractivity (Wildman–Crippen MR) is 44.8 cm³/mol. The Balaban J connectivity index is 3.32. The van der Waals surface area contributed by atoms with Gasteiger partial charge >= 0.3 is 0 Å². The summed E-state index contributed by atoms with van der Waals surface area (Å²) in [5.41, 5.74) is 0. The zero-order chi connectivity index (χ0) is 9.23. The summed E-state index contributed by atoms with van der Waals surface area (Å²) in [6.45, 7) is 0.798. The fourth-order valence-electron chi connectivity index (χ4n) is 0.620. The minimum absolute atomic E-state index is 0.295. The van der Waals surface area contributed by atoms with Crippen LogP contribution in [-0.2, 0) is 18.9 Å². The summed E-state index contributed by atoms with van der Waals surface area (Å²) in [6, 6.07) is 0. The van der Waals surface area contributed by atoms with E-state index in [2.05, 4.69) is 4.74 Å². The second-order valence-corrected chi connectivity index (χ2v) is 2.05. The third-order valence-corrected chi connectivity index (χ3v) is 1.17. The lowest BCUT2D eigenvalue weighted by Gasteiger charge is -2.07. The van der Waals surface area contributed by atoms with E-state index in [0.717, 1.165) is 0 Å². The standard InChI is InChI=1S/C8H16O4/c1-9-7-12-6-4-5-8(10-2)11-3/h4-5,8H,6-7H2,1-3H3. The summed E-state index contributed by atoms with van der Waals surface area (Å²) in [7, 11) is 4.74. The highest BCUT2D eigenvalue weighted by Gasteiger charge is 1.95. The molecule has 0 bridgehead atoms. The van der Waals surface area contributed by atoms with Crippen LogP contribution in [0.4, 0.5) is 0 Å². The van der Waals surface area contributed by atoms with E-state index < -0.39 is 0 Å². The lowest BCUT2D eigenvalue weighted by molar-refractivity contribution is -0.0676. The van der Waals surface area contributed by atoms with Crippen LogP contribution in [0.1, 0.15) is 0 Å². The summed E-state index contributed by atoms with van der Waals surface area (Å²) in [6.07, 6.45) is 3.29. The Morgan fingerprint density at radius 2 is 1.83 bits per heavy atom. The van der Waals surface area contributed by atoms with Crippen LogP contribution in [0.2, 0.25) is 0 Å². The van der Waals surface area contributed by atoms with Crippen molar-refractivity contribution in [2.24, 2.45) is 0 Å². The van der Waals surface area contributed by atoms with Crippen molar-refractivity contribution in [2.75, 3.05) is 34.7 Å². The monoisotopic (exact) mass is 176 g/mol. The molecule has 0 heterocycles. The molecule has 0 amide bonds. The van der Waals surface area contributed by atoms with Gasteiger partial charge in [0.1, 0.15) is 6.79 Å². The zero-order valence-electron chi connectivity index (χ0n) is 7.78. The van der Waals surface area contributed by atoms with Crippen LogP contribution < -0.4 is 0 Å². The van der Waals surface area contributed by atoms with Crippen molar-refractivity contribution in [1.82, 2.24) is 0 Å². The maximum Gasteiger partial charge on any atom is 0.176 e. The van der Waals surface area contributed by atoms with Crippen molar-refractivity contribution < 1.29 is 18.9 Å². The Labute approximate surface area is 73.1 Å². The van der Waals surface area contributed by atoms with Gasteiger partial charge in [-0.25, -0.2) is 0 Å². The van der Waals surface area contributed by atoms with Crippen LogP contribution >= 0.6 is 0 Å². The lowest BCUT2D eigenvalue weighted by atomic mass is 10.5. The van der Waals surface area contributed by atoms with Crippen LogP contribution in [0.3, 0.4) is 0 Å². The second kappa shape index (κ2) is 8.67. The van der Waals surface area contributed by atoms with Crippen molar-refractivity contribution in [3.05, 3.63) is 12.2 Å². The molecule has 0 aromatic carbocycles. The molecule has 0 fully saturated rings. The smallest absolute Gasteiger partial charge is 0.176 e. The van der Waals surface area contributed by atoms with Crippen LogP contribution in [-0.4, -0.2) is 41.0 Å². The third-order valence-electron chi connectivity index (χ3n) is 1.17. The van der Waals surface area contributed by atoms with E-state index in [0.29, 0.717) is 13.4 Å².